The molecule has 2 N–H and O–H groups in total. The zero-order valence-electron chi connectivity index (χ0n) is 10.7. The van der Waals surface area contributed by atoms with Crippen LogP contribution in [-0.4, -0.2) is 34.2 Å². The first-order valence-electron chi connectivity index (χ1n) is 6.22. The third-order valence-electron chi connectivity index (χ3n) is 3.26. The van der Waals surface area contributed by atoms with Gasteiger partial charge < -0.3 is 15.2 Å². The van der Waals surface area contributed by atoms with Crippen LogP contribution in [0.2, 0.25) is 0 Å². The molecule has 0 amide bonds. The van der Waals surface area contributed by atoms with Crippen molar-refractivity contribution in [1.82, 2.24) is 4.98 Å². The highest BCUT2D eigenvalue weighted by molar-refractivity contribution is 5.89. The molecule has 6 heteroatoms. The van der Waals surface area contributed by atoms with Gasteiger partial charge in [-0.15, -0.1) is 0 Å². The van der Waals surface area contributed by atoms with E-state index in [4.69, 9.17) is 4.74 Å². The Bertz CT molecular complexity index is 480. The van der Waals surface area contributed by atoms with Crippen LogP contribution in [0.15, 0.2) is 18.3 Å². The number of nitrogens with one attached hydrogen (secondary N) is 1. The molecule has 0 unspecified atom stereocenters. The van der Waals surface area contributed by atoms with Crippen molar-refractivity contribution in [3.05, 3.63) is 23.9 Å². The average molecular weight is 264 g/mol. The van der Waals surface area contributed by atoms with E-state index in [2.05, 4.69) is 10.3 Å². The molecule has 0 saturated heterocycles. The highest BCUT2D eigenvalue weighted by atomic mass is 16.5. The second kappa shape index (κ2) is 5.26. The number of pyridine rings is 1. The van der Waals surface area contributed by atoms with E-state index in [0.29, 0.717) is 30.8 Å². The van der Waals surface area contributed by atoms with E-state index in [0.717, 1.165) is 6.42 Å². The minimum atomic E-state index is -0.904. The van der Waals surface area contributed by atoms with E-state index >= 15 is 0 Å². The fraction of sp³-hybridized carbons (Fsp3) is 0.462. The average Bonchev–Trinajstić information content (AvgIpc) is 2.34. The summed E-state index contributed by atoms with van der Waals surface area (Å²) in [7, 11) is 0. The lowest BCUT2D eigenvalue weighted by Gasteiger charge is -2.38. The molecule has 0 atom stereocenters. The molecule has 1 fully saturated rings. The number of esters is 1. The molecule has 1 aromatic rings. The number of hydrogen-bond donors (Lipinski definition) is 2. The quantitative estimate of drug-likeness (QED) is 0.786. The fourth-order valence-corrected chi connectivity index (χ4v) is 1.97. The van der Waals surface area contributed by atoms with Crippen LogP contribution in [0.25, 0.3) is 0 Å². The summed E-state index contributed by atoms with van der Waals surface area (Å²) in [5.74, 6) is -0.844. The van der Waals surface area contributed by atoms with Gasteiger partial charge in [0.15, 0.2) is 0 Å². The molecule has 1 aromatic heterocycles. The Kier molecular flexibility index (Phi) is 3.69. The monoisotopic (exact) mass is 264 g/mol. The summed E-state index contributed by atoms with van der Waals surface area (Å²) >= 11 is 0. The largest absolute Gasteiger partial charge is 0.480 e. The number of aliphatic carboxylic acids is 1. The third-order valence-corrected chi connectivity index (χ3v) is 3.26. The molecule has 0 aliphatic heterocycles. The maximum absolute atomic E-state index is 11.4. The molecule has 1 aliphatic rings. The van der Waals surface area contributed by atoms with E-state index in [1.54, 1.807) is 19.1 Å². The molecule has 2 rings (SSSR count). The van der Waals surface area contributed by atoms with Crippen molar-refractivity contribution in [2.45, 2.75) is 31.7 Å². The zero-order valence-corrected chi connectivity index (χ0v) is 10.7. The first-order chi connectivity index (χ1) is 9.07. The van der Waals surface area contributed by atoms with Crippen molar-refractivity contribution >= 4 is 17.8 Å². The van der Waals surface area contributed by atoms with Gasteiger partial charge in [-0.3, -0.25) is 0 Å². The van der Waals surface area contributed by atoms with Gasteiger partial charge in [0.2, 0.25) is 0 Å². The van der Waals surface area contributed by atoms with Crippen LogP contribution in [0, 0.1) is 0 Å². The second-order valence-corrected chi connectivity index (χ2v) is 4.52. The smallest absolute Gasteiger partial charge is 0.339 e. The lowest BCUT2D eigenvalue weighted by molar-refractivity contribution is -0.145. The predicted octanol–water partition coefficient (Wildman–Crippen LogP) is 1.68. The van der Waals surface area contributed by atoms with Gasteiger partial charge in [0.1, 0.15) is 11.4 Å². The minimum absolute atomic E-state index is 0.307. The first-order valence-corrected chi connectivity index (χ1v) is 6.22. The summed E-state index contributed by atoms with van der Waals surface area (Å²) in [4.78, 5) is 26.7. The summed E-state index contributed by atoms with van der Waals surface area (Å²) in [6.07, 6.45) is 3.45. The summed E-state index contributed by atoms with van der Waals surface area (Å²) in [6, 6.07) is 3.16. The molecule has 1 heterocycles. The van der Waals surface area contributed by atoms with E-state index in [1.165, 1.54) is 6.20 Å². The van der Waals surface area contributed by atoms with Crippen molar-refractivity contribution in [3.8, 4) is 0 Å². The molecule has 0 spiro atoms. The molecule has 0 aromatic carbocycles. The number of carbonyl (C=O) groups excluding carboxylic acids is 1. The number of hydrogen-bond acceptors (Lipinski definition) is 5. The standard InChI is InChI=1S/C13H16N2O4/c1-2-19-11(16)9-4-5-10(14-8-9)15-13(12(17)18)6-3-7-13/h4-5,8H,2-3,6-7H2,1H3,(H,14,15)(H,17,18). The van der Waals surface area contributed by atoms with Gasteiger partial charge in [0.05, 0.1) is 12.2 Å². The van der Waals surface area contributed by atoms with Crippen LogP contribution < -0.4 is 5.32 Å². The summed E-state index contributed by atoms with van der Waals surface area (Å²) in [5, 5.41) is 12.1. The number of carboxylic acid groups (broad SMARTS) is 1. The Morgan fingerprint density at radius 1 is 1.47 bits per heavy atom. The van der Waals surface area contributed by atoms with Crippen LogP contribution in [0.1, 0.15) is 36.5 Å². The molecule has 1 saturated carbocycles. The lowest BCUT2D eigenvalue weighted by Crippen LogP contribution is -2.52. The number of aromatic nitrogens is 1. The Morgan fingerprint density at radius 2 is 2.21 bits per heavy atom. The highest BCUT2D eigenvalue weighted by Gasteiger charge is 2.44. The van der Waals surface area contributed by atoms with Gasteiger partial charge in [-0.1, -0.05) is 0 Å². The number of carbonyl (C=O) groups is 2. The van der Waals surface area contributed by atoms with Crippen molar-refractivity contribution in [3.63, 3.8) is 0 Å². The maximum atomic E-state index is 11.4. The molecule has 19 heavy (non-hydrogen) atoms. The normalized spacial score (nSPS) is 16.3. The summed E-state index contributed by atoms with van der Waals surface area (Å²) < 4.78 is 4.85. The number of carboxylic acids is 1. The highest BCUT2D eigenvalue weighted by Crippen LogP contribution is 2.35. The van der Waals surface area contributed by atoms with Crippen LogP contribution >= 0.6 is 0 Å². The minimum Gasteiger partial charge on any atom is -0.480 e. The van der Waals surface area contributed by atoms with E-state index in [-0.39, 0.29) is 0 Å². The van der Waals surface area contributed by atoms with Crippen molar-refractivity contribution in [2.24, 2.45) is 0 Å². The fourth-order valence-electron chi connectivity index (χ4n) is 1.97. The van der Waals surface area contributed by atoms with Gasteiger partial charge in [0.25, 0.3) is 0 Å². The van der Waals surface area contributed by atoms with Crippen molar-refractivity contribution in [1.29, 1.82) is 0 Å². The van der Waals surface area contributed by atoms with Gasteiger partial charge in [0, 0.05) is 6.20 Å². The first kappa shape index (κ1) is 13.3. The van der Waals surface area contributed by atoms with Crippen LogP contribution in [0.5, 0.6) is 0 Å². The van der Waals surface area contributed by atoms with E-state index < -0.39 is 17.5 Å². The van der Waals surface area contributed by atoms with E-state index in [1.807, 2.05) is 0 Å². The third kappa shape index (κ3) is 2.67. The van der Waals surface area contributed by atoms with E-state index in [9.17, 15) is 14.7 Å². The van der Waals surface area contributed by atoms with Crippen LogP contribution in [-0.2, 0) is 9.53 Å². The zero-order chi connectivity index (χ0) is 13.9. The van der Waals surface area contributed by atoms with Crippen molar-refractivity contribution < 1.29 is 19.4 Å². The molecule has 1 aliphatic carbocycles. The molecule has 6 nitrogen and oxygen atoms in total. The van der Waals surface area contributed by atoms with Gasteiger partial charge in [-0.05, 0) is 38.3 Å². The van der Waals surface area contributed by atoms with Crippen LogP contribution in [0.3, 0.4) is 0 Å². The molecular formula is C13H16N2O4. The lowest BCUT2D eigenvalue weighted by atomic mass is 9.77. The number of rotatable bonds is 5. The molecule has 0 bridgehead atoms. The Hall–Kier alpha value is -2.11. The van der Waals surface area contributed by atoms with Crippen molar-refractivity contribution in [2.75, 3.05) is 11.9 Å². The van der Waals surface area contributed by atoms with Gasteiger partial charge in [-0.2, -0.15) is 0 Å². The number of anilines is 1. The van der Waals surface area contributed by atoms with Gasteiger partial charge >= 0.3 is 11.9 Å². The molecule has 102 valence electrons. The maximum Gasteiger partial charge on any atom is 0.339 e. The Morgan fingerprint density at radius 3 is 2.63 bits per heavy atom. The predicted molar refractivity (Wildman–Crippen MR) is 68.0 cm³/mol. The number of ether oxygens (including phenoxy) is 1. The Labute approximate surface area is 110 Å². The molecular weight excluding hydrogens is 248 g/mol. The molecule has 0 radical (unpaired) electrons. The van der Waals surface area contributed by atoms with Crippen LogP contribution in [0.4, 0.5) is 5.82 Å². The number of nitrogens with zero attached hydrogens (tertiary/aromatic N) is 1. The summed E-state index contributed by atoms with van der Waals surface area (Å²) in [6.45, 7) is 2.04. The summed E-state index contributed by atoms with van der Waals surface area (Å²) in [5.41, 5.74) is -0.552. The SMILES string of the molecule is CCOC(=O)c1ccc(NC2(C(=O)O)CCC2)nc1. The van der Waals surface area contributed by atoms with Gasteiger partial charge in [-0.25, -0.2) is 14.6 Å². The second-order valence-electron chi connectivity index (χ2n) is 4.52. The Balaban J connectivity index is 2.06. The topological polar surface area (TPSA) is 88.5 Å².